The van der Waals surface area contributed by atoms with E-state index in [0.717, 1.165) is 47.3 Å². The van der Waals surface area contributed by atoms with Gasteiger partial charge in [-0.15, -0.1) is 11.3 Å². The normalized spacial score (nSPS) is 19.3. The third-order valence-corrected chi connectivity index (χ3v) is 8.17. The summed E-state index contributed by atoms with van der Waals surface area (Å²) in [6.45, 7) is 2.36. The number of thiazole rings is 1. The van der Waals surface area contributed by atoms with Crippen molar-refractivity contribution in [1.82, 2.24) is 14.5 Å². The Hall–Kier alpha value is -2.49. The molecule has 0 aliphatic carbocycles. The van der Waals surface area contributed by atoms with Gasteiger partial charge in [0.1, 0.15) is 4.32 Å². The van der Waals surface area contributed by atoms with Crippen LogP contribution in [0.4, 0.5) is 5.13 Å². The Labute approximate surface area is 199 Å². The lowest BCUT2D eigenvalue weighted by Crippen LogP contribution is -2.48. The zero-order valence-corrected chi connectivity index (χ0v) is 19.7. The van der Waals surface area contributed by atoms with Gasteiger partial charge in [0.15, 0.2) is 5.13 Å². The molecule has 1 saturated heterocycles. The number of anilines is 1. The molecule has 0 unspecified atom stereocenters. The first kappa shape index (κ1) is 21.4. The number of amides is 1. The zero-order chi connectivity index (χ0) is 22.1. The van der Waals surface area contributed by atoms with Crippen LogP contribution in [-0.2, 0) is 11.3 Å². The molecule has 5 rings (SSSR count). The molecule has 1 fully saturated rings. The number of nitrogens with zero attached hydrogens (tertiary/aromatic N) is 3. The van der Waals surface area contributed by atoms with Crippen LogP contribution in [0, 0.1) is 5.92 Å². The fourth-order valence-electron chi connectivity index (χ4n) is 4.49. The smallest absolute Gasteiger partial charge is 0.250 e. The molecule has 2 aliphatic heterocycles. The Kier molecular flexibility index (Phi) is 6.12. The summed E-state index contributed by atoms with van der Waals surface area (Å²) in [6, 6.07) is 15.4. The molecule has 4 heterocycles. The number of pyridine rings is 1. The van der Waals surface area contributed by atoms with Crippen molar-refractivity contribution >= 4 is 50.7 Å². The van der Waals surface area contributed by atoms with E-state index in [9.17, 15) is 9.59 Å². The van der Waals surface area contributed by atoms with Gasteiger partial charge in [0.25, 0.3) is 5.56 Å². The number of carbonyl (C=O) groups excluding carboxylic acids is 1. The Morgan fingerprint density at radius 3 is 2.84 bits per heavy atom. The molecule has 3 aromatic rings. The van der Waals surface area contributed by atoms with Crippen molar-refractivity contribution in [3.05, 3.63) is 70.0 Å². The molecule has 9 heteroatoms. The van der Waals surface area contributed by atoms with E-state index < -0.39 is 0 Å². The van der Waals surface area contributed by atoms with Gasteiger partial charge in [-0.3, -0.25) is 9.59 Å². The second kappa shape index (κ2) is 9.17. The number of aromatic nitrogens is 2. The van der Waals surface area contributed by atoms with Crippen molar-refractivity contribution in [2.24, 2.45) is 5.92 Å². The Morgan fingerprint density at radius 1 is 1.16 bits per heavy atom. The molecule has 2 atom stereocenters. The van der Waals surface area contributed by atoms with E-state index in [1.54, 1.807) is 6.07 Å². The van der Waals surface area contributed by atoms with Crippen molar-refractivity contribution in [2.45, 2.75) is 18.9 Å². The second-order valence-electron chi connectivity index (χ2n) is 8.11. The standard InChI is InChI=1S/C23H22N4O2S3/c28-20(25-22-24-18(13-31-22)16-5-2-1-3-6-16)14-32-23(30)26-10-15-9-17(12-26)19-7-4-8-21(29)27(19)11-15/h1-8,13,15,17H,9-12,14H2,(H,24,25,28)/t15-,17+/m1/s1. The molecule has 0 radical (unpaired) electrons. The minimum absolute atomic E-state index is 0.0804. The number of thiocarbonyl (C=S) groups is 1. The van der Waals surface area contributed by atoms with E-state index in [-0.39, 0.29) is 17.2 Å². The first-order valence-electron chi connectivity index (χ1n) is 10.5. The molecular weight excluding hydrogens is 460 g/mol. The van der Waals surface area contributed by atoms with Crippen LogP contribution in [0.15, 0.2) is 58.7 Å². The number of hydrogen-bond acceptors (Lipinski definition) is 6. The van der Waals surface area contributed by atoms with E-state index in [1.807, 2.05) is 52.4 Å². The van der Waals surface area contributed by atoms with Gasteiger partial charge in [0.05, 0.1) is 11.4 Å². The maximum atomic E-state index is 12.5. The second-order valence-corrected chi connectivity index (χ2v) is 10.6. The summed E-state index contributed by atoms with van der Waals surface area (Å²) < 4.78 is 2.66. The first-order valence-corrected chi connectivity index (χ1v) is 12.8. The Balaban J connectivity index is 1.16. The monoisotopic (exact) mass is 482 g/mol. The Morgan fingerprint density at radius 2 is 2.00 bits per heavy atom. The number of likely N-dealkylation sites (tertiary alicyclic amines) is 1. The molecule has 2 aliphatic rings. The maximum absolute atomic E-state index is 12.5. The summed E-state index contributed by atoms with van der Waals surface area (Å²) in [6.07, 6.45) is 1.08. The average molecular weight is 483 g/mol. The number of benzene rings is 1. The maximum Gasteiger partial charge on any atom is 0.250 e. The highest BCUT2D eigenvalue weighted by atomic mass is 32.2. The molecule has 1 amide bonds. The number of piperidine rings is 1. The summed E-state index contributed by atoms with van der Waals surface area (Å²) in [5, 5.41) is 5.42. The number of fused-ring (bicyclic) bond motifs is 4. The number of hydrogen-bond donors (Lipinski definition) is 1. The molecular formula is C23H22N4O2S3. The number of rotatable bonds is 4. The van der Waals surface area contributed by atoms with Crippen LogP contribution in [0.2, 0.25) is 0 Å². The van der Waals surface area contributed by atoms with Crippen LogP contribution in [0.5, 0.6) is 0 Å². The highest BCUT2D eigenvalue weighted by molar-refractivity contribution is 8.23. The fraction of sp³-hybridized carbons (Fsp3) is 0.304. The van der Waals surface area contributed by atoms with Crippen molar-refractivity contribution in [3.8, 4) is 11.3 Å². The van der Waals surface area contributed by atoms with Crippen LogP contribution in [0.3, 0.4) is 0 Å². The number of nitrogens with one attached hydrogen (secondary N) is 1. The quantitative estimate of drug-likeness (QED) is 0.566. The predicted molar refractivity (Wildman–Crippen MR) is 134 cm³/mol. The molecule has 1 N–H and O–H groups in total. The highest BCUT2D eigenvalue weighted by Gasteiger charge is 2.35. The van der Waals surface area contributed by atoms with Crippen LogP contribution in [-0.4, -0.2) is 43.5 Å². The number of carbonyl (C=O) groups is 1. The van der Waals surface area contributed by atoms with Gasteiger partial charge in [-0.2, -0.15) is 0 Å². The molecule has 2 bridgehead atoms. The summed E-state index contributed by atoms with van der Waals surface area (Å²) in [4.78, 5) is 31.4. The van der Waals surface area contributed by atoms with Crippen molar-refractivity contribution < 1.29 is 4.79 Å². The predicted octanol–water partition coefficient (Wildman–Crippen LogP) is 4.05. The topological polar surface area (TPSA) is 67.2 Å². The van der Waals surface area contributed by atoms with E-state index in [0.29, 0.717) is 17.0 Å². The third-order valence-electron chi connectivity index (χ3n) is 5.88. The SMILES string of the molecule is O=C(CSC(=S)N1C[C@H]2C[C@@H](C1)c1cccc(=O)n1C2)Nc1nc(-c2ccccc2)cs1. The van der Waals surface area contributed by atoms with Crippen LogP contribution >= 0.6 is 35.3 Å². The summed E-state index contributed by atoms with van der Waals surface area (Å²) in [5.41, 5.74) is 3.06. The minimum atomic E-state index is -0.111. The van der Waals surface area contributed by atoms with Gasteiger partial charge < -0.3 is 14.8 Å². The highest BCUT2D eigenvalue weighted by Crippen LogP contribution is 2.36. The molecule has 2 aromatic heterocycles. The van der Waals surface area contributed by atoms with Crippen molar-refractivity contribution in [1.29, 1.82) is 0 Å². The summed E-state index contributed by atoms with van der Waals surface area (Å²) in [7, 11) is 0. The zero-order valence-electron chi connectivity index (χ0n) is 17.3. The molecule has 0 spiro atoms. The van der Waals surface area contributed by atoms with Crippen LogP contribution < -0.4 is 10.9 Å². The van der Waals surface area contributed by atoms with Crippen LogP contribution in [0.25, 0.3) is 11.3 Å². The van der Waals surface area contributed by atoms with Gasteiger partial charge >= 0.3 is 0 Å². The van der Waals surface area contributed by atoms with E-state index in [4.69, 9.17) is 12.2 Å². The van der Waals surface area contributed by atoms with Gasteiger partial charge in [-0.1, -0.05) is 60.4 Å². The number of thioether (sulfide) groups is 1. The largest absolute Gasteiger partial charge is 0.356 e. The molecule has 6 nitrogen and oxygen atoms in total. The van der Waals surface area contributed by atoms with Gasteiger partial charge in [0.2, 0.25) is 5.91 Å². The summed E-state index contributed by atoms with van der Waals surface area (Å²) in [5.74, 6) is 0.845. The molecule has 0 saturated carbocycles. The lowest BCUT2D eigenvalue weighted by molar-refractivity contribution is -0.113. The third kappa shape index (κ3) is 4.51. The van der Waals surface area contributed by atoms with Crippen molar-refractivity contribution in [3.63, 3.8) is 0 Å². The molecule has 32 heavy (non-hydrogen) atoms. The van der Waals surface area contributed by atoms with E-state index in [2.05, 4.69) is 15.2 Å². The fourth-order valence-corrected chi connectivity index (χ4v) is 6.21. The van der Waals surface area contributed by atoms with Crippen molar-refractivity contribution in [2.75, 3.05) is 24.2 Å². The van der Waals surface area contributed by atoms with E-state index in [1.165, 1.54) is 23.1 Å². The summed E-state index contributed by atoms with van der Waals surface area (Å²) >= 11 is 8.46. The van der Waals surface area contributed by atoms with Crippen LogP contribution in [0.1, 0.15) is 18.0 Å². The first-order chi connectivity index (χ1) is 15.6. The lowest BCUT2D eigenvalue weighted by Gasteiger charge is -2.43. The molecule has 1 aromatic carbocycles. The Bertz CT molecular complexity index is 1210. The average Bonchev–Trinajstić information content (AvgIpc) is 3.27. The van der Waals surface area contributed by atoms with E-state index >= 15 is 0 Å². The minimum Gasteiger partial charge on any atom is -0.356 e. The lowest BCUT2D eigenvalue weighted by atomic mass is 9.83. The van der Waals surface area contributed by atoms with Gasteiger partial charge in [-0.05, 0) is 18.4 Å². The molecule has 164 valence electrons. The van der Waals surface area contributed by atoms with Gasteiger partial charge in [0, 0.05) is 48.3 Å². The van der Waals surface area contributed by atoms with Gasteiger partial charge in [-0.25, -0.2) is 4.98 Å².